The summed E-state index contributed by atoms with van der Waals surface area (Å²) in [6.45, 7) is 5.60. The van der Waals surface area contributed by atoms with Crippen LogP contribution in [0.2, 0.25) is 0 Å². The van der Waals surface area contributed by atoms with Crippen molar-refractivity contribution in [3.63, 3.8) is 0 Å². The molecule has 2 atom stereocenters. The fourth-order valence-electron chi connectivity index (χ4n) is 2.28. The fourth-order valence-corrected chi connectivity index (χ4v) is 2.28. The lowest BCUT2D eigenvalue weighted by molar-refractivity contribution is 0.0934. The summed E-state index contributed by atoms with van der Waals surface area (Å²) in [5.74, 6) is 0.968. The summed E-state index contributed by atoms with van der Waals surface area (Å²) in [6.07, 6.45) is 5.49. The van der Waals surface area contributed by atoms with Crippen molar-refractivity contribution in [3.05, 3.63) is 0 Å². The van der Waals surface area contributed by atoms with Crippen LogP contribution in [0.5, 0.6) is 0 Å². The largest absolute Gasteiger partial charge is 0.384 e. The Morgan fingerprint density at radius 2 is 2.27 bits per heavy atom. The summed E-state index contributed by atoms with van der Waals surface area (Å²) < 4.78 is 5.22. The topological polar surface area (TPSA) is 9.23 Å². The smallest absolute Gasteiger partial charge is 0.0516 e. The minimum atomic E-state index is 0.495. The van der Waals surface area contributed by atoms with Crippen molar-refractivity contribution in [1.29, 1.82) is 0 Å². The number of hydrogen-bond donors (Lipinski definition) is 0. The summed E-state index contributed by atoms with van der Waals surface area (Å²) in [7, 11) is 1.81. The molecule has 0 aliphatic heterocycles. The third-order valence-corrected chi connectivity index (χ3v) is 3.01. The van der Waals surface area contributed by atoms with Gasteiger partial charge in [-0.15, -0.1) is 0 Å². The molecule has 1 nitrogen and oxygen atoms in total. The van der Waals surface area contributed by atoms with Crippen molar-refractivity contribution >= 4 is 0 Å². The van der Waals surface area contributed by atoms with Crippen LogP contribution in [0.1, 0.15) is 39.5 Å². The molecule has 0 spiro atoms. The van der Waals surface area contributed by atoms with Gasteiger partial charge < -0.3 is 4.74 Å². The zero-order valence-corrected chi connectivity index (χ0v) is 8.02. The molecular weight excluding hydrogens is 136 g/mol. The first-order valence-electron chi connectivity index (χ1n) is 4.69. The van der Waals surface area contributed by atoms with E-state index in [0.29, 0.717) is 5.41 Å². The van der Waals surface area contributed by atoms with Crippen molar-refractivity contribution in [3.8, 4) is 0 Å². The Bertz CT molecular complexity index is 122. The highest BCUT2D eigenvalue weighted by Gasteiger charge is 2.33. The van der Waals surface area contributed by atoms with Gasteiger partial charge in [-0.1, -0.05) is 20.3 Å². The first-order valence-corrected chi connectivity index (χ1v) is 4.69. The minimum absolute atomic E-state index is 0.495. The van der Waals surface area contributed by atoms with E-state index in [4.69, 9.17) is 4.74 Å². The van der Waals surface area contributed by atoms with Gasteiger partial charge in [-0.25, -0.2) is 0 Å². The number of rotatable bonds is 3. The Hall–Kier alpha value is -0.0400. The molecule has 11 heavy (non-hydrogen) atoms. The van der Waals surface area contributed by atoms with E-state index in [1.165, 1.54) is 25.7 Å². The minimum Gasteiger partial charge on any atom is -0.384 e. The molecular formula is C10H20O. The van der Waals surface area contributed by atoms with Gasteiger partial charge in [0, 0.05) is 7.11 Å². The molecule has 0 N–H and O–H groups in total. The van der Waals surface area contributed by atoms with E-state index in [1.54, 1.807) is 0 Å². The maximum Gasteiger partial charge on any atom is 0.0516 e. The summed E-state index contributed by atoms with van der Waals surface area (Å²) in [4.78, 5) is 0. The molecule has 0 heterocycles. The lowest BCUT2D eigenvalue weighted by Gasteiger charge is -2.22. The van der Waals surface area contributed by atoms with Crippen molar-refractivity contribution in [2.24, 2.45) is 11.3 Å². The number of ether oxygens (including phenoxy) is 1. The third-order valence-electron chi connectivity index (χ3n) is 3.01. The zero-order chi connectivity index (χ0) is 8.32. The van der Waals surface area contributed by atoms with Gasteiger partial charge in [0.2, 0.25) is 0 Å². The van der Waals surface area contributed by atoms with Crippen LogP contribution in [0.4, 0.5) is 0 Å². The van der Waals surface area contributed by atoms with E-state index in [2.05, 4.69) is 13.8 Å². The second-order valence-corrected chi connectivity index (χ2v) is 4.26. The van der Waals surface area contributed by atoms with Crippen molar-refractivity contribution in [1.82, 2.24) is 0 Å². The molecule has 1 aliphatic carbocycles. The highest BCUT2D eigenvalue weighted by Crippen LogP contribution is 2.42. The Morgan fingerprint density at radius 1 is 1.55 bits per heavy atom. The van der Waals surface area contributed by atoms with E-state index in [9.17, 15) is 0 Å². The van der Waals surface area contributed by atoms with Crippen LogP contribution in [0.3, 0.4) is 0 Å². The van der Waals surface area contributed by atoms with Crippen molar-refractivity contribution in [2.75, 3.05) is 13.7 Å². The average molecular weight is 156 g/mol. The monoisotopic (exact) mass is 156 g/mol. The lowest BCUT2D eigenvalue weighted by atomic mass is 9.88. The summed E-state index contributed by atoms with van der Waals surface area (Å²) in [6, 6.07) is 0. The molecule has 0 aromatic heterocycles. The second-order valence-electron chi connectivity index (χ2n) is 4.26. The van der Waals surface area contributed by atoms with Crippen molar-refractivity contribution in [2.45, 2.75) is 39.5 Å². The van der Waals surface area contributed by atoms with Crippen LogP contribution in [0, 0.1) is 11.3 Å². The quantitative estimate of drug-likeness (QED) is 0.610. The van der Waals surface area contributed by atoms with Crippen LogP contribution in [-0.4, -0.2) is 13.7 Å². The lowest BCUT2D eigenvalue weighted by Crippen LogP contribution is -2.18. The molecule has 0 aromatic carbocycles. The predicted molar refractivity (Wildman–Crippen MR) is 47.6 cm³/mol. The van der Waals surface area contributed by atoms with Gasteiger partial charge in [0.05, 0.1) is 6.61 Å². The van der Waals surface area contributed by atoms with Crippen LogP contribution >= 0.6 is 0 Å². The summed E-state index contributed by atoms with van der Waals surface area (Å²) in [5.41, 5.74) is 0.495. The average Bonchev–Trinajstić information content (AvgIpc) is 2.33. The summed E-state index contributed by atoms with van der Waals surface area (Å²) in [5, 5.41) is 0. The molecule has 1 rings (SSSR count). The number of hydrogen-bond acceptors (Lipinski definition) is 1. The second kappa shape index (κ2) is 3.57. The van der Waals surface area contributed by atoms with Gasteiger partial charge >= 0.3 is 0 Å². The molecule has 1 aliphatic rings. The van der Waals surface area contributed by atoms with Gasteiger partial charge in [0.1, 0.15) is 0 Å². The standard InChI is InChI=1S/C10H20O/c1-4-9-5-6-10(2,7-9)8-11-3/h9H,4-8H2,1-3H3. The van der Waals surface area contributed by atoms with Gasteiger partial charge in [-0.3, -0.25) is 0 Å². The summed E-state index contributed by atoms with van der Waals surface area (Å²) >= 11 is 0. The van der Waals surface area contributed by atoms with Gasteiger partial charge in [0.15, 0.2) is 0 Å². The normalized spacial score (nSPS) is 37.9. The molecule has 1 saturated carbocycles. The van der Waals surface area contributed by atoms with E-state index in [-0.39, 0.29) is 0 Å². The zero-order valence-electron chi connectivity index (χ0n) is 8.02. The van der Waals surface area contributed by atoms with E-state index < -0.39 is 0 Å². The highest BCUT2D eigenvalue weighted by atomic mass is 16.5. The van der Waals surface area contributed by atoms with E-state index in [0.717, 1.165) is 12.5 Å². The van der Waals surface area contributed by atoms with E-state index >= 15 is 0 Å². The fraction of sp³-hybridized carbons (Fsp3) is 1.00. The molecule has 1 heteroatoms. The van der Waals surface area contributed by atoms with Gasteiger partial charge in [-0.05, 0) is 30.6 Å². The first kappa shape index (κ1) is 9.05. The maximum absolute atomic E-state index is 5.22. The van der Waals surface area contributed by atoms with Crippen molar-refractivity contribution < 1.29 is 4.74 Å². The molecule has 2 unspecified atom stereocenters. The Labute approximate surface area is 70.1 Å². The van der Waals surface area contributed by atoms with E-state index in [1.807, 2.05) is 7.11 Å². The Kier molecular flexibility index (Phi) is 2.94. The molecule has 0 bridgehead atoms. The Morgan fingerprint density at radius 3 is 2.73 bits per heavy atom. The highest BCUT2D eigenvalue weighted by molar-refractivity contribution is 4.84. The predicted octanol–water partition coefficient (Wildman–Crippen LogP) is 2.85. The van der Waals surface area contributed by atoms with Crippen LogP contribution in [0.25, 0.3) is 0 Å². The molecule has 1 fully saturated rings. The maximum atomic E-state index is 5.22. The number of methoxy groups -OCH3 is 1. The molecule has 66 valence electrons. The molecule has 0 aromatic rings. The van der Waals surface area contributed by atoms with Gasteiger partial charge in [0.25, 0.3) is 0 Å². The van der Waals surface area contributed by atoms with Crippen LogP contribution < -0.4 is 0 Å². The molecule has 0 radical (unpaired) electrons. The van der Waals surface area contributed by atoms with Gasteiger partial charge in [-0.2, -0.15) is 0 Å². The molecule has 0 amide bonds. The Balaban J connectivity index is 2.37. The van der Waals surface area contributed by atoms with Crippen LogP contribution in [0.15, 0.2) is 0 Å². The SMILES string of the molecule is CCC1CCC(C)(COC)C1. The first-order chi connectivity index (χ1) is 5.20. The molecule has 0 saturated heterocycles. The third kappa shape index (κ3) is 2.19. The van der Waals surface area contributed by atoms with Crippen LogP contribution in [-0.2, 0) is 4.74 Å².